The molecule has 1 N–H and O–H groups in total. The van der Waals surface area contributed by atoms with Crippen molar-refractivity contribution < 1.29 is 13.2 Å². The molecule has 0 saturated carbocycles. The Morgan fingerprint density at radius 2 is 1.67 bits per heavy atom. The quantitative estimate of drug-likeness (QED) is 0.734. The minimum absolute atomic E-state index is 0.0149. The number of sulfone groups is 1. The van der Waals surface area contributed by atoms with E-state index in [2.05, 4.69) is 10.3 Å². The average molecular weight is 382 g/mol. The first-order valence-electron chi connectivity index (χ1n) is 8.63. The van der Waals surface area contributed by atoms with E-state index in [1.807, 2.05) is 50.2 Å². The van der Waals surface area contributed by atoms with Crippen molar-refractivity contribution in [2.24, 2.45) is 0 Å². The molecule has 5 nitrogen and oxygen atoms in total. The van der Waals surface area contributed by atoms with Gasteiger partial charge >= 0.3 is 0 Å². The molecule has 0 bridgehead atoms. The number of hydrogen-bond acceptors (Lipinski definition) is 4. The SMILES string of the molecule is Cc1ccc2nc(C)c(C(=O)NCc3ccc(CS(C)(=O)=O)cc3)cc2c1. The number of fused-ring (bicyclic) bond motifs is 1. The lowest BCUT2D eigenvalue weighted by atomic mass is 10.1. The van der Waals surface area contributed by atoms with Crippen LogP contribution < -0.4 is 5.32 Å². The number of carbonyl (C=O) groups excluding carboxylic acids is 1. The van der Waals surface area contributed by atoms with Crippen LogP contribution in [0, 0.1) is 13.8 Å². The first-order valence-corrected chi connectivity index (χ1v) is 10.7. The molecule has 2 aromatic carbocycles. The van der Waals surface area contributed by atoms with Crippen molar-refractivity contribution in [3.63, 3.8) is 0 Å². The van der Waals surface area contributed by atoms with E-state index in [1.165, 1.54) is 6.26 Å². The summed E-state index contributed by atoms with van der Waals surface area (Å²) in [6.45, 7) is 4.20. The van der Waals surface area contributed by atoms with Gasteiger partial charge in [-0.3, -0.25) is 9.78 Å². The van der Waals surface area contributed by atoms with Gasteiger partial charge in [-0.25, -0.2) is 8.42 Å². The molecule has 3 aromatic rings. The van der Waals surface area contributed by atoms with Crippen LogP contribution in [-0.4, -0.2) is 25.6 Å². The summed E-state index contributed by atoms with van der Waals surface area (Å²) in [4.78, 5) is 17.1. The molecule has 0 aliphatic carbocycles. The molecule has 6 heteroatoms. The highest BCUT2D eigenvalue weighted by Gasteiger charge is 2.12. The molecule has 1 amide bonds. The second-order valence-electron chi connectivity index (χ2n) is 6.89. The highest BCUT2D eigenvalue weighted by atomic mass is 32.2. The van der Waals surface area contributed by atoms with Crippen LogP contribution in [0.2, 0.25) is 0 Å². The van der Waals surface area contributed by atoms with Crippen LogP contribution in [0.1, 0.15) is 32.7 Å². The number of rotatable bonds is 5. The number of amides is 1. The summed E-state index contributed by atoms with van der Waals surface area (Å²) < 4.78 is 22.7. The number of nitrogens with zero attached hydrogens (tertiary/aromatic N) is 1. The molecular weight excluding hydrogens is 360 g/mol. The Labute approximate surface area is 159 Å². The van der Waals surface area contributed by atoms with Gasteiger partial charge in [-0.2, -0.15) is 0 Å². The molecule has 0 radical (unpaired) electrons. The van der Waals surface area contributed by atoms with Crippen LogP contribution in [0.4, 0.5) is 0 Å². The molecule has 0 atom stereocenters. The smallest absolute Gasteiger partial charge is 0.253 e. The number of hydrogen-bond donors (Lipinski definition) is 1. The number of nitrogens with one attached hydrogen (secondary N) is 1. The maximum Gasteiger partial charge on any atom is 0.253 e. The Morgan fingerprint density at radius 1 is 1.00 bits per heavy atom. The van der Waals surface area contributed by atoms with Gasteiger partial charge in [0.1, 0.15) is 0 Å². The van der Waals surface area contributed by atoms with E-state index in [0.29, 0.717) is 17.8 Å². The summed E-state index contributed by atoms with van der Waals surface area (Å²) in [7, 11) is -3.05. The first kappa shape index (κ1) is 19.0. The Bertz CT molecular complexity index is 1100. The second kappa shape index (κ2) is 7.48. The summed E-state index contributed by atoms with van der Waals surface area (Å²) >= 11 is 0. The van der Waals surface area contributed by atoms with E-state index < -0.39 is 9.84 Å². The van der Waals surface area contributed by atoms with Crippen molar-refractivity contribution in [1.82, 2.24) is 10.3 Å². The monoisotopic (exact) mass is 382 g/mol. The van der Waals surface area contributed by atoms with E-state index in [9.17, 15) is 13.2 Å². The van der Waals surface area contributed by atoms with Gasteiger partial charge < -0.3 is 5.32 Å². The van der Waals surface area contributed by atoms with Gasteiger partial charge in [0.2, 0.25) is 0 Å². The van der Waals surface area contributed by atoms with Gasteiger partial charge in [0.15, 0.2) is 9.84 Å². The standard InChI is InChI=1S/C21H22N2O3S/c1-14-4-9-20-18(10-14)11-19(15(2)23-20)21(24)22-12-16-5-7-17(8-6-16)13-27(3,25)26/h4-11H,12-13H2,1-3H3,(H,22,24). The number of benzene rings is 2. The number of carbonyl (C=O) groups is 1. The Kier molecular flexibility index (Phi) is 5.28. The maximum atomic E-state index is 12.6. The average Bonchev–Trinajstić information content (AvgIpc) is 2.59. The molecule has 0 spiro atoms. The van der Waals surface area contributed by atoms with Crippen LogP contribution in [0.15, 0.2) is 48.5 Å². The predicted molar refractivity (Wildman–Crippen MR) is 107 cm³/mol. The summed E-state index contributed by atoms with van der Waals surface area (Å²) in [6.07, 6.45) is 1.21. The number of aryl methyl sites for hydroxylation is 2. The van der Waals surface area contributed by atoms with Crippen LogP contribution in [0.25, 0.3) is 10.9 Å². The van der Waals surface area contributed by atoms with Crippen molar-refractivity contribution in [2.75, 3.05) is 6.26 Å². The first-order chi connectivity index (χ1) is 12.7. The van der Waals surface area contributed by atoms with Crippen LogP contribution >= 0.6 is 0 Å². The third-order valence-corrected chi connectivity index (χ3v) is 5.17. The van der Waals surface area contributed by atoms with Gasteiger partial charge in [0.25, 0.3) is 5.91 Å². The van der Waals surface area contributed by atoms with Gasteiger partial charge in [-0.1, -0.05) is 35.9 Å². The third-order valence-electron chi connectivity index (χ3n) is 4.31. The van der Waals surface area contributed by atoms with Crippen LogP contribution in [0.5, 0.6) is 0 Å². The highest BCUT2D eigenvalue weighted by Crippen LogP contribution is 2.18. The van der Waals surface area contributed by atoms with Crippen LogP contribution in [0.3, 0.4) is 0 Å². The molecule has 1 aromatic heterocycles. The summed E-state index contributed by atoms with van der Waals surface area (Å²) in [5, 5.41) is 3.85. The highest BCUT2D eigenvalue weighted by molar-refractivity contribution is 7.89. The lowest BCUT2D eigenvalue weighted by Crippen LogP contribution is -2.24. The zero-order valence-electron chi connectivity index (χ0n) is 15.6. The van der Waals surface area contributed by atoms with Gasteiger partial charge in [0, 0.05) is 18.2 Å². The topological polar surface area (TPSA) is 76.1 Å². The fraction of sp³-hybridized carbons (Fsp3) is 0.238. The van der Waals surface area contributed by atoms with E-state index in [1.54, 1.807) is 12.1 Å². The minimum Gasteiger partial charge on any atom is -0.348 e. The molecule has 27 heavy (non-hydrogen) atoms. The summed E-state index contributed by atoms with van der Waals surface area (Å²) in [5.41, 5.74) is 4.87. The van der Waals surface area contributed by atoms with E-state index in [0.717, 1.165) is 27.6 Å². The number of pyridine rings is 1. The van der Waals surface area contributed by atoms with Crippen molar-refractivity contribution >= 4 is 26.6 Å². The minimum atomic E-state index is -3.05. The summed E-state index contributed by atoms with van der Waals surface area (Å²) in [6, 6.07) is 15.0. The fourth-order valence-corrected chi connectivity index (χ4v) is 3.75. The van der Waals surface area contributed by atoms with Crippen molar-refractivity contribution in [3.8, 4) is 0 Å². The lowest BCUT2D eigenvalue weighted by Gasteiger charge is -2.10. The lowest BCUT2D eigenvalue weighted by molar-refractivity contribution is 0.0950. The second-order valence-corrected chi connectivity index (χ2v) is 9.03. The largest absolute Gasteiger partial charge is 0.348 e. The molecule has 0 aliphatic rings. The molecule has 3 rings (SSSR count). The van der Waals surface area contributed by atoms with Crippen molar-refractivity contribution in [2.45, 2.75) is 26.1 Å². The van der Waals surface area contributed by atoms with Crippen molar-refractivity contribution in [3.05, 3.63) is 76.5 Å². The molecule has 0 unspecified atom stereocenters. The third kappa shape index (κ3) is 4.92. The Balaban J connectivity index is 1.72. The zero-order valence-corrected chi connectivity index (χ0v) is 16.4. The molecule has 0 aliphatic heterocycles. The zero-order chi connectivity index (χ0) is 19.6. The maximum absolute atomic E-state index is 12.6. The Hall–Kier alpha value is -2.73. The molecule has 0 saturated heterocycles. The Morgan fingerprint density at radius 3 is 2.33 bits per heavy atom. The normalized spacial score (nSPS) is 11.5. The van der Waals surface area contributed by atoms with Gasteiger partial charge in [-0.05, 0) is 43.2 Å². The van der Waals surface area contributed by atoms with Crippen molar-refractivity contribution in [1.29, 1.82) is 0 Å². The molecular formula is C21H22N2O3S. The van der Waals surface area contributed by atoms with Gasteiger partial charge in [-0.15, -0.1) is 0 Å². The number of aromatic nitrogens is 1. The van der Waals surface area contributed by atoms with E-state index in [4.69, 9.17) is 0 Å². The molecule has 140 valence electrons. The van der Waals surface area contributed by atoms with Crippen LogP contribution in [-0.2, 0) is 22.1 Å². The molecule has 0 fully saturated rings. The van der Waals surface area contributed by atoms with E-state index >= 15 is 0 Å². The van der Waals surface area contributed by atoms with E-state index in [-0.39, 0.29) is 11.7 Å². The molecule has 1 heterocycles. The summed E-state index contributed by atoms with van der Waals surface area (Å²) in [5.74, 6) is -0.162. The van der Waals surface area contributed by atoms with Gasteiger partial charge in [0.05, 0.1) is 22.5 Å². The fourth-order valence-electron chi connectivity index (χ4n) is 2.96. The predicted octanol–water partition coefficient (Wildman–Crippen LogP) is 3.33.